The van der Waals surface area contributed by atoms with Gasteiger partial charge in [0, 0.05) is 22.8 Å². The van der Waals surface area contributed by atoms with Crippen molar-refractivity contribution in [3.8, 4) is 0 Å². The molecule has 116 valence electrons. The summed E-state index contributed by atoms with van der Waals surface area (Å²) in [5.41, 5.74) is 0.938. The standard InChI is InChI=1S/C14H18ClNO2S3/c1-10-7-14(20-13(10)9-15)21(17,18)16(3)11(2)8-12-5-4-6-19-12/h4-7,11H,8-9H2,1-3H3. The molecule has 0 aliphatic carbocycles. The van der Waals surface area contributed by atoms with Gasteiger partial charge >= 0.3 is 0 Å². The maximum absolute atomic E-state index is 12.7. The van der Waals surface area contributed by atoms with Crippen LogP contribution in [-0.4, -0.2) is 25.8 Å². The predicted molar refractivity (Wildman–Crippen MR) is 91.0 cm³/mol. The van der Waals surface area contributed by atoms with Gasteiger partial charge in [0.1, 0.15) is 4.21 Å². The Hall–Kier alpha value is -0.400. The molecule has 21 heavy (non-hydrogen) atoms. The van der Waals surface area contributed by atoms with Gasteiger partial charge in [-0.25, -0.2) is 8.42 Å². The highest BCUT2D eigenvalue weighted by Crippen LogP contribution is 2.30. The molecule has 0 fully saturated rings. The zero-order valence-corrected chi connectivity index (χ0v) is 15.4. The molecule has 2 aromatic heterocycles. The lowest BCUT2D eigenvalue weighted by Crippen LogP contribution is -2.35. The molecule has 0 N–H and O–H groups in total. The predicted octanol–water partition coefficient (Wildman–Crippen LogP) is 4.11. The van der Waals surface area contributed by atoms with E-state index in [0.29, 0.717) is 10.1 Å². The molecule has 0 spiro atoms. The van der Waals surface area contributed by atoms with E-state index in [-0.39, 0.29) is 6.04 Å². The van der Waals surface area contributed by atoms with Crippen LogP contribution in [0, 0.1) is 6.92 Å². The normalized spacial score (nSPS) is 13.8. The van der Waals surface area contributed by atoms with Crippen molar-refractivity contribution >= 4 is 44.3 Å². The van der Waals surface area contributed by atoms with Gasteiger partial charge in [-0.3, -0.25) is 0 Å². The van der Waals surface area contributed by atoms with E-state index >= 15 is 0 Å². The van der Waals surface area contributed by atoms with Crippen LogP contribution in [0.3, 0.4) is 0 Å². The molecular weight excluding hydrogens is 346 g/mol. The summed E-state index contributed by atoms with van der Waals surface area (Å²) in [6, 6.07) is 5.64. The van der Waals surface area contributed by atoms with Gasteiger partial charge in [-0.15, -0.1) is 34.3 Å². The first kappa shape index (κ1) is 17.0. The fourth-order valence-electron chi connectivity index (χ4n) is 1.98. The maximum atomic E-state index is 12.7. The van der Waals surface area contributed by atoms with Crippen LogP contribution in [-0.2, 0) is 22.3 Å². The first-order valence-electron chi connectivity index (χ1n) is 6.52. The number of aryl methyl sites for hydroxylation is 1. The highest BCUT2D eigenvalue weighted by molar-refractivity contribution is 7.91. The van der Waals surface area contributed by atoms with E-state index in [4.69, 9.17) is 11.6 Å². The fourth-order valence-corrected chi connectivity index (χ4v) is 6.16. The van der Waals surface area contributed by atoms with E-state index in [0.717, 1.165) is 16.9 Å². The van der Waals surface area contributed by atoms with Gasteiger partial charge in [0.25, 0.3) is 10.0 Å². The average Bonchev–Trinajstić information content (AvgIpc) is 3.07. The lowest BCUT2D eigenvalue weighted by molar-refractivity contribution is 0.389. The molecular formula is C14H18ClNO2S3. The second-order valence-electron chi connectivity index (χ2n) is 4.96. The summed E-state index contributed by atoms with van der Waals surface area (Å²) in [6.45, 7) is 3.82. The van der Waals surface area contributed by atoms with Crippen LogP contribution in [0.4, 0.5) is 0 Å². The van der Waals surface area contributed by atoms with Crippen molar-refractivity contribution in [2.45, 2.75) is 36.4 Å². The van der Waals surface area contributed by atoms with E-state index in [9.17, 15) is 8.42 Å². The number of hydrogen-bond acceptors (Lipinski definition) is 4. The lowest BCUT2D eigenvalue weighted by atomic mass is 10.2. The summed E-state index contributed by atoms with van der Waals surface area (Å²) < 4.78 is 27.2. The second-order valence-corrected chi connectivity index (χ2v) is 9.62. The van der Waals surface area contributed by atoms with Crippen LogP contribution in [0.1, 0.15) is 22.2 Å². The second kappa shape index (κ2) is 6.79. The summed E-state index contributed by atoms with van der Waals surface area (Å²) in [6.07, 6.45) is 0.722. The Morgan fingerprint density at radius 1 is 1.43 bits per heavy atom. The number of likely N-dealkylation sites (N-methyl/N-ethyl adjacent to an activating group) is 1. The van der Waals surface area contributed by atoms with E-state index in [1.807, 2.05) is 31.4 Å². The molecule has 2 aromatic rings. The van der Waals surface area contributed by atoms with Crippen molar-refractivity contribution in [2.24, 2.45) is 0 Å². The topological polar surface area (TPSA) is 37.4 Å². The smallest absolute Gasteiger partial charge is 0.206 e. The first-order chi connectivity index (χ1) is 9.86. The minimum Gasteiger partial charge on any atom is -0.206 e. The molecule has 1 atom stereocenters. The summed E-state index contributed by atoms with van der Waals surface area (Å²) in [4.78, 5) is 2.10. The third-order valence-electron chi connectivity index (χ3n) is 3.45. The molecule has 0 aliphatic heterocycles. The molecule has 3 nitrogen and oxygen atoms in total. The number of hydrogen-bond donors (Lipinski definition) is 0. The molecule has 1 unspecified atom stereocenters. The van der Waals surface area contributed by atoms with E-state index in [2.05, 4.69) is 0 Å². The van der Waals surface area contributed by atoms with Crippen molar-refractivity contribution in [1.29, 1.82) is 0 Å². The molecule has 7 heteroatoms. The third-order valence-corrected chi connectivity index (χ3v) is 8.43. The number of halogens is 1. The molecule has 0 aromatic carbocycles. The van der Waals surface area contributed by atoms with Gasteiger partial charge in [-0.1, -0.05) is 6.07 Å². The average molecular weight is 364 g/mol. The molecule has 0 bridgehead atoms. The number of thiophene rings is 2. The highest BCUT2D eigenvalue weighted by atomic mass is 35.5. The summed E-state index contributed by atoms with van der Waals surface area (Å²) in [7, 11) is -1.81. The molecule has 0 aliphatic rings. The maximum Gasteiger partial charge on any atom is 0.252 e. The van der Waals surface area contributed by atoms with E-state index < -0.39 is 10.0 Å². The van der Waals surface area contributed by atoms with Crippen LogP contribution < -0.4 is 0 Å². The Labute approximate surface area is 139 Å². The van der Waals surface area contributed by atoms with Gasteiger partial charge in [0.15, 0.2) is 0 Å². The Balaban J connectivity index is 2.21. The van der Waals surface area contributed by atoms with Gasteiger partial charge in [-0.05, 0) is 43.3 Å². The monoisotopic (exact) mass is 363 g/mol. The Morgan fingerprint density at radius 3 is 2.67 bits per heavy atom. The van der Waals surface area contributed by atoms with E-state index in [1.165, 1.54) is 20.5 Å². The highest BCUT2D eigenvalue weighted by Gasteiger charge is 2.27. The van der Waals surface area contributed by atoms with Crippen LogP contribution in [0.2, 0.25) is 0 Å². The third kappa shape index (κ3) is 3.68. The minimum atomic E-state index is -3.46. The van der Waals surface area contributed by atoms with Crippen molar-refractivity contribution < 1.29 is 8.42 Å². The van der Waals surface area contributed by atoms with Crippen molar-refractivity contribution in [2.75, 3.05) is 7.05 Å². The summed E-state index contributed by atoms with van der Waals surface area (Å²) in [5.74, 6) is 0.348. The molecule has 2 rings (SSSR count). The largest absolute Gasteiger partial charge is 0.252 e. The number of alkyl halides is 1. The Kier molecular flexibility index (Phi) is 5.48. The Morgan fingerprint density at radius 2 is 2.14 bits per heavy atom. The van der Waals surface area contributed by atoms with Crippen molar-refractivity contribution in [3.63, 3.8) is 0 Å². The zero-order valence-electron chi connectivity index (χ0n) is 12.2. The number of sulfonamides is 1. The number of rotatable bonds is 6. The van der Waals surface area contributed by atoms with Gasteiger partial charge in [-0.2, -0.15) is 4.31 Å². The summed E-state index contributed by atoms with van der Waals surface area (Å²) >= 11 is 8.75. The van der Waals surface area contributed by atoms with Crippen LogP contribution >= 0.6 is 34.3 Å². The van der Waals surface area contributed by atoms with Gasteiger partial charge < -0.3 is 0 Å². The van der Waals surface area contributed by atoms with Crippen LogP contribution in [0.5, 0.6) is 0 Å². The van der Waals surface area contributed by atoms with Crippen molar-refractivity contribution in [1.82, 2.24) is 4.31 Å². The zero-order chi connectivity index (χ0) is 15.6. The fraction of sp³-hybridized carbons (Fsp3) is 0.429. The Bertz CT molecular complexity index is 692. The summed E-state index contributed by atoms with van der Waals surface area (Å²) in [5, 5.41) is 2.01. The molecule has 0 radical (unpaired) electrons. The SMILES string of the molecule is Cc1cc(S(=O)(=O)N(C)C(C)Cc2cccs2)sc1CCl. The molecule has 0 saturated heterocycles. The van der Waals surface area contributed by atoms with Crippen LogP contribution in [0.15, 0.2) is 27.8 Å². The van der Waals surface area contributed by atoms with Crippen LogP contribution in [0.25, 0.3) is 0 Å². The number of nitrogens with zero attached hydrogens (tertiary/aromatic N) is 1. The first-order valence-corrected chi connectivity index (χ1v) is 10.2. The lowest BCUT2D eigenvalue weighted by Gasteiger charge is -2.23. The minimum absolute atomic E-state index is 0.0875. The van der Waals surface area contributed by atoms with Gasteiger partial charge in [0.2, 0.25) is 0 Å². The van der Waals surface area contributed by atoms with E-state index in [1.54, 1.807) is 24.5 Å². The molecule has 0 saturated carbocycles. The quantitative estimate of drug-likeness (QED) is 0.724. The van der Waals surface area contributed by atoms with Gasteiger partial charge in [0.05, 0.1) is 5.88 Å². The molecule has 0 amide bonds. The molecule has 2 heterocycles. The van der Waals surface area contributed by atoms with Crippen molar-refractivity contribution in [3.05, 3.63) is 38.9 Å².